The van der Waals surface area contributed by atoms with E-state index in [0.717, 1.165) is 20.8 Å². The Morgan fingerprint density at radius 1 is 1.31 bits per heavy atom. The number of carbonyl (C=O) groups is 1. The molecule has 2 heterocycles. The second kappa shape index (κ2) is 7.50. The van der Waals surface area contributed by atoms with Gasteiger partial charge in [0.1, 0.15) is 4.83 Å². The fraction of sp³-hybridized carbons (Fsp3) is 0.263. The number of aryl methyl sites for hydroxylation is 3. The molecule has 0 aliphatic rings. The Hall–Kier alpha value is -2.98. The molecule has 0 bridgehead atoms. The lowest BCUT2D eigenvalue weighted by atomic mass is 10.1. The van der Waals surface area contributed by atoms with Crippen molar-refractivity contribution in [2.45, 2.75) is 33.2 Å². The minimum atomic E-state index is -0.178. The number of thiophene rings is 1. The summed E-state index contributed by atoms with van der Waals surface area (Å²) < 4.78 is 1.48. The van der Waals surface area contributed by atoms with Crippen LogP contribution in [0.1, 0.15) is 22.4 Å². The lowest BCUT2D eigenvalue weighted by Crippen LogP contribution is -2.23. The normalized spacial score (nSPS) is 10.7. The molecular weight excluding hydrogens is 348 g/mol. The van der Waals surface area contributed by atoms with Crippen LogP contribution in [0.3, 0.4) is 0 Å². The fourth-order valence-electron chi connectivity index (χ4n) is 2.67. The monoisotopic (exact) mass is 366 g/mol. The van der Waals surface area contributed by atoms with Crippen molar-refractivity contribution in [3.63, 3.8) is 0 Å². The number of amides is 1. The van der Waals surface area contributed by atoms with Crippen molar-refractivity contribution in [1.29, 1.82) is 5.26 Å². The Balaban J connectivity index is 1.67. The van der Waals surface area contributed by atoms with E-state index in [1.54, 1.807) is 12.1 Å². The van der Waals surface area contributed by atoms with E-state index in [0.29, 0.717) is 17.5 Å². The van der Waals surface area contributed by atoms with Gasteiger partial charge < -0.3 is 5.32 Å². The first-order valence-electron chi connectivity index (χ1n) is 8.20. The summed E-state index contributed by atoms with van der Waals surface area (Å²) in [4.78, 5) is 30.9. The first-order valence-corrected chi connectivity index (χ1v) is 9.02. The second-order valence-corrected chi connectivity index (χ2v) is 7.24. The van der Waals surface area contributed by atoms with Gasteiger partial charge in [0.05, 0.1) is 24.2 Å². The van der Waals surface area contributed by atoms with Gasteiger partial charge in [-0.25, -0.2) is 4.98 Å². The SMILES string of the molecule is Cc1sc2ncn(CCC(=O)Nc3ccc(CC#N)cc3)c(=O)c2c1C. The Bertz CT molecular complexity index is 1060. The van der Waals surface area contributed by atoms with Crippen LogP contribution in [-0.4, -0.2) is 15.5 Å². The molecule has 0 fully saturated rings. The molecule has 132 valence electrons. The van der Waals surface area contributed by atoms with Gasteiger partial charge in [-0.1, -0.05) is 12.1 Å². The van der Waals surface area contributed by atoms with Gasteiger partial charge in [0.15, 0.2) is 0 Å². The number of benzene rings is 1. The highest BCUT2D eigenvalue weighted by Gasteiger charge is 2.12. The highest BCUT2D eigenvalue weighted by molar-refractivity contribution is 7.18. The summed E-state index contributed by atoms with van der Waals surface area (Å²) in [6.07, 6.45) is 2.02. The predicted octanol–water partition coefficient (Wildman–Crippen LogP) is 3.17. The maximum absolute atomic E-state index is 12.6. The summed E-state index contributed by atoms with van der Waals surface area (Å²) in [5.41, 5.74) is 2.42. The molecule has 0 saturated carbocycles. The summed E-state index contributed by atoms with van der Waals surface area (Å²) in [6, 6.07) is 9.23. The van der Waals surface area contributed by atoms with Crippen LogP contribution in [0, 0.1) is 25.2 Å². The van der Waals surface area contributed by atoms with Crippen LogP contribution in [0.5, 0.6) is 0 Å². The minimum absolute atomic E-state index is 0.106. The molecule has 1 amide bonds. The maximum atomic E-state index is 12.6. The van der Waals surface area contributed by atoms with Crippen molar-refractivity contribution < 1.29 is 4.79 Å². The summed E-state index contributed by atoms with van der Waals surface area (Å²) in [5, 5.41) is 12.1. The van der Waals surface area contributed by atoms with Crippen LogP contribution in [-0.2, 0) is 17.8 Å². The lowest BCUT2D eigenvalue weighted by molar-refractivity contribution is -0.116. The van der Waals surface area contributed by atoms with Gasteiger partial charge in [-0.3, -0.25) is 14.2 Å². The Kier molecular flexibility index (Phi) is 5.14. The molecule has 7 heteroatoms. The molecule has 1 N–H and O–H groups in total. The number of fused-ring (bicyclic) bond motifs is 1. The van der Waals surface area contributed by atoms with Crippen LogP contribution < -0.4 is 10.9 Å². The topological polar surface area (TPSA) is 87.8 Å². The Morgan fingerprint density at radius 2 is 2.04 bits per heavy atom. The van der Waals surface area contributed by atoms with Crippen LogP contribution in [0.2, 0.25) is 0 Å². The third-order valence-electron chi connectivity index (χ3n) is 4.26. The third kappa shape index (κ3) is 3.65. The van der Waals surface area contributed by atoms with Gasteiger partial charge in [0.2, 0.25) is 5.91 Å². The first kappa shape index (κ1) is 17.8. The van der Waals surface area contributed by atoms with Crippen molar-refractivity contribution >= 4 is 33.1 Å². The van der Waals surface area contributed by atoms with Gasteiger partial charge in [-0.2, -0.15) is 5.26 Å². The number of rotatable bonds is 5. The zero-order chi connectivity index (χ0) is 18.7. The molecule has 3 aromatic rings. The molecule has 1 aromatic carbocycles. The van der Waals surface area contributed by atoms with Crippen molar-refractivity contribution in [2.75, 3.05) is 5.32 Å². The van der Waals surface area contributed by atoms with E-state index in [1.165, 1.54) is 22.2 Å². The van der Waals surface area contributed by atoms with Crippen molar-refractivity contribution in [3.8, 4) is 6.07 Å². The zero-order valence-corrected chi connectivity index (χ0v) is 15.4. The van der Waals surface area contributed by atoms with E-state index in [1.807, 2.05) is 26.0 Å². The summed E-state index contributed by atoms with van der Waals surface area (Å²) in [7, 11) is 0. The molecule has 0 atom stereocenters. The highest BCUT2D eigenvalue weighted by Crippen LogP contribution is 2.25. The van der Waals surface area contributed by atoms with Gasteiger partial charge in [-0.15, -0.1) is 11.3 Å². The Labute approximate surface area is 154 Å². The predicted molar refractivity (Wildman–Crippen MR) is 102 cm³/mol. The zero-order valence-electron chi connectivity index (χ0n) is 14.6. The molecule has 0 saturated heterocycles. The number of hydrogen-bond acceptors (Lipinski definition) is 5. The van der Waals surface area contributed by atoms with E-state index in [9.17, 15) is 9.59 Å². The molecule has 0 unspecified atom stereocenters. The smallest absolute Gasteiger partial charge is 0.262 e. The van der Waals surface area contributed by atoms with Crippen molar-refractivity contribution in [2.24, 2.45) is 0 Å². The summed E-state index contributed by atoms with van der Waals surface area (Å²) in [6.45, 7) is 4.17. The number of anilines is 1. The van der Waals surface area contributed by atoms with Crippen LogP contribution in [0.4, 0.5) is 5.69 Å². The average molecular weight is 366 g/mol. The molecule has 0 aliphatic heterocycles. The molecule has 0 spiro atoms. The molecule has 0 radical (unpaired) electrons. The quantitative estimate of drug-likeness (QED) is 0.751. The van der Waals surface area contributed by atoms with E-state index in [2.05, 4.69) is 16.4 Å². The van der Waals surface area contributed by atoms with Gasteiger partial charge >= 0.3 is 0 Å². The van der Waals surface area contributed by atoms with Gasteiger partial charge in [0.25, 0.3) is 5.56 Å². The fourth-order valence-corrected chi connectivity index (χ4v) is 3.66. The van der Waals surface area contributed by atoms with Crippen LogP contribution in [0.15, 0.2) is 35.4 Å². The van der Waals surface area contributed by atoms with Gasteiger partial charge in [0, 0.05) is 23.5 Å². The second-order valence-electron chi connectivity index (χ2n) is 6.04. The molecule has 26 heavy (non-hydrogen) atoms. The Morgan fingerprint density at radius 3 is 2.73 bits per heavy atom. The molecule has 2 aromatic heterocycles. The summed E-state index contributed by atoms with van der Waals surface area (Å²) in [5.74, 6) is -0.178. The average Bonchev–Trinajstić information content (AvgIpc) is 2.91. The van der Waals surface area contributed by atoms with Gasteiger partial charge in [-0.05, 0) is 37.1 Å². The lowest BCUT2D eigenvalue weighted by Gasteiger charge is -2.07. The number of hydrogen-bond donors (Lipinski definition) is 1. The largest absolute Gasteiger partial charge is 0.326 e. The standard InChI is InChI=1S/C19H18N4O2S/c1-12-13(2)26-18-17(12)19(25)23(11-21-18)10-8-16(24)22-15-5-3-14(4-6-15)7-9-20/h3-6,11H,7-8,10H2,1-2H3,(H,22,24). The van der Waals surface area contributed by atoms with E-state index in [-0.39, 0.29) is 24.4 Å². The minimum Gasteiger partial charge on any atom is -0.326 e. The highest BCUT2D eigenvalue weighted by atomic mass is 32.1. The van der Waals surface area contributed by atoms with Crippen molar-refractivity contribution in [3.05, 3.63) is 57.0 Å². The number of nitrogens with zero attached hydrogens (tertiary/aromatic N) is 3. The van der Waals surface area contributed by atoms with E-state index < -0.39 is 0 Å². The molecule has 6 nitrogen and oxygen atoms in total. The van der Waals surface area contributed by atoms with E-state index in [4.69, 9.17) is 5.26 Å². The van der Waals surface area contributed by atoms with Crippen LogP contribution in [0.25, 0.3) is 10.2 Å². The van der Waals surface area contributed by atoms with Crippen LogP contribution >= 0.6 is 11.3 Å². The molecule has 0 aliphatic carbocycles. The number of nitriles is 1. The number of carbonyl (C=O) groups excluding carboxylic acids is 1. The molecular formula is C19H18N4O2S. The van der Waals surface area contributed by atoms with E-state index >= 15 is 0 Å². The molecule has 3 rings (SSSR count). The number of aromatic nitrogens is 2. The number of nitrogens with one attached hydrogen (secondary N) is 1. The van der Waals surface area contributed by atoms with Crippen molar-refractivity contribution in [1.82, 2.24) is 9.55 Å². The third-order valence-corrected chi connectivity index (χ3v) is 5.37. The first-order chi connectivity index (χ1) is 12.5. The maximum Gasteiger partial charge on any atom is 0.262 e. The summed E-state index contributed by atoms with van der Waals surface area (Å²) >= 11 is 1.51.